The van der Waals surface area contributed by atoms with Gasteiger partial charge in [0, 0.05) is 24.3 Å². The lowest BCUT2D eigenvalue weighted by Gasteiger charge is -2.27. The fraction of sp³-hybridized carbons (Fsp3) is 0.867. The van der Waals surface area contributed by atoms with E-state index in [1.54, 1.807) is 23.5 Å². The minimum absolute atomic E-state index is 0.126. The van der Waals surface area contributed by atoms with Gasteiger partial charge in [-0.25, -0.2) is 0 Å². The maximum absolute atomic E-state index is 11.8. The summed E-state index contributed by atoms with van der Waals surface area (Å²) in [7, 11) is 0. The standard InChI is InChI=1S/C15H26O8S2/c16-7-11(8-17)22-13(20)1-3-15(24-5-6-25-15)4-2-14(21)23-12(9-18)10-19/h11-12,16-19H,1-10H2. The SMILES string of the molecule is O=C(CCC1(CCC(=O)OC(CO)CO)SCCS1)OC(CO)CO. The topological polar surface area (TPSA) is 134 Å². The van der Waals surface area contributed by atoms with Crippen molar-refractivity contribution in [2.45, 2.75) is 42.0 Å². The Hall–Kier alpha value is -0.520. The van der Waals surface area contributed by atoms with Crippen LogP contribution in [0.2, 0.25) is 0 Å². The van der Waals surface area contributed by atoms with Crippen LogP contribution >= 0.6 is 23.5 Å². The van der Waals surface area contributed by atoms with Crippen molar-refractivity contribution in [3.63, 3.8) is 0 Å². The van der Waals surface area contributed by atoms with Crippen LogP contribution < -0.4 is 0 Å². The van der Waals surface area contributed by atoms with Gasteiger partial charge in [0.1, 0.15) is 12.2 Å². The highest BCUT2D eigenvalue weighted by Gasteiger charge is 2.36. The van der Waals surface area contributed by atoms with Gasteiger partial charge in [-0.15, -0.1) is 23.5 Å². The van der Waals surface area contributed by atoms with Crippen LogP contribution in [-0.4, -0.2) is 86.6 Å². The number of esters is 2. The minimum Gasteiger partial charge on any atom is -0.457 e. The van der Waals surface area contributed by atoms with Gasteiger partial charge >= 0.3 is 11.9 Å². The molecule has 0 radical (unpaired) electrons. The van der Waals surface area contributed by atoms with Gasteiger partial charge in [0.05, 0.1) is 30.5 Å². The number of ether oxygens (including phenoxy) is 2. The molecule has 0 aliphatic carbocycles. The Morgan fingerprint density at radius 2 is 1.16 bits per heavy atom. The van der Waals surface area contributed by atoms with Gasteiger partial charge in [-0.1, -0.05) is 0 Å². The number of hydrogen-bond acceptors (Lipinski definition) is 10. The maximum atomic E-state index is 11.8. The Bertz CT molecular complexity index is 374. The Kier molecular flexibility index (Phi) is 10.8. The van der Waals surface area contributed by atoms with Gasteiger partial charge in [0.15, 0.2) is 0 Å². The van der Waals surface area contributed by atoms with Crippen LogP contribution in [-0.2, 0) is 19.1 Å². The number of aliphatic hydroxyl groups is 4. The van der Waals surface area contributed by atoms with Gasteiger partial charge in [0.2, 0.25) is 0 Å². The van der Waals surface area contributed by atoms with Crippen LogP contribution in [0.4, 0.5) is 0 Å². The first-order valence-electron chi connectivity index (χ1n) is 8.09. The third-order valence-corrected chi connectivity index (χ3v) is 7.30. The quantitative estimate of drug-likeness (QED) is 0.319. The zero-order valence-electron chi connectivity index (χ0n) is 14.0. The molecule has 0 aromatic carbocycles. The van der Waals surface area contributed by atoms with Crippen LogP contribution in [0.15, 0.2) is 0 Å². The van der Waals surface area contributed by atoms with E-state index in [2.05, 4.69) is 0 Å². The van der Waals surface area contributed by atoms with Crippen molar-refractivity contribution in [1.29, 1.82) is 0 Å². The smallest absolute Gasteiger partial charge is 0.306 e. The summed E-state index contributed by atoms with van der Waals surface area (Å²) >= 11 is 3.37. The first kappa shape index (κ1) is 22.5. The molecule has 1 rings (SSSR count). The predicted molar refractivity (Wildman–Crippen MR) is 94.2 cm³/mol. The Morgan fingerprint density at radius 1 is 0.800 bits per heavy atom. The maximum Gasteiger partial charge on any atom is 0.306 e. The number of rotatable bonds is 12. The number of thioether (sulfide) groups is 2. The zero-order valence-corrected chi connectivity index (χ0v) is 15.6. The fourth-order valence-corrected chi connectivity index (χ4v) is 5.48. The van der Waals surface area contributed by atoms with E-state index in [0.29, 0.717) is 12.8 Å². The highest BCUT2D eigenvalue weighted by molar-refractivity contribution is 8.21. The van der Waals surface area contributed by atoms with E-state index in [1.807, 2.05) is 0 Å². The number of carbonyl (C=O) groups excluding carboxylic acids is 2. The van der Waals surface area contributed by atoms with Crippen molar-refractivity contribution in [3.8, 4) is 0 Å². The molecule has 1 aliphatic heterocycles. The van der Waals surface area contributed by atoms with Crippen molar-refractivity contribution in [2.75, 3.05) is 37.9 Å². The Labute approximate surface area is 155 Å². The molecule has 1 fully saturated rings. The van der Waals surface area contributed by atoms with E-state index in [9.17, 15) is 9.59 Å². The van der Waals surface area contributed by atoms with Crippen molar-refractivity contribution in [3.05, 3.63) is 0 Å². The van der Waals surface area contributed by atoms with Crippen LogP contribution in [0.1, 0.15) is 25.7 Å². The molecule has 0 aromatic heterocycles. The normalized spacial score (nSPS) is 16.4. The Morgan fingerprint density at radius 3 is 1.48 bits per heavy atom. The molecule has 0 amide bonds. The lowest BCUT2D eigenvalue weighted by Crippen LogP contribution is -2.28. The summed E-state index contributed by atoms with van der Waals surface area (Å²) in [5.41, 5.74) is 0. The summed E-state index contributed by atoms with van der Waals surface area (Å²) < 4.78 is 9.62. The molecule has 0 aromatic rings. The fourth-order valence-electron chi connectivity index (χ4n) is 2.25. The molecule has 0 atom stereocenters. The molecule has 146 valence electrons. The first-order chi connectivity index (χ1) is 12.0. The summed E-state index contributed by atoms with van der Waals surface area (Å²) in [6.45, 7) is -1.72. The summed E-state index contributed by atoms with van der Waals surface area (Å²) in [6.07, 6.45) is -0.557. The van der Waals surface area contributed by atoms with E-state index in [0.717, 1.165) is 11.5 Å². The summed E-state index contributed by atoms with van der Waals surface area (Å²) in [5, 5.41) is 35.7. The van der Waals surface area contributed by atoms with Crippen molar-refractivity contribution in [2.24, 2.45) is 0 Å². The molecule has 0 spiro atoms. The second-order valence-electron chi connectivity index (χ2n) is 5.56. The van der Waals surface area contributed by atoms with Crippen LogP contribution in [0.25, 0.3) is 0 Å². The van der Waals surface area contributed by atoms with E-state index in [-0.39, 0.29) is 16.9 Å². The zero-order chi connectivity index (χ0) is 18.7. The monoisotopic (exact) mass is 398 g/mol. The molecule has 0 bridgehead atoms. The van der Waals surface area contributed by atoms with Crippen LogP contribution in [0.3, 0.4) is 0 Å². The van der Waals surface area contributed by atoms with Gasteiger partial charge in [-0.2, -0.15) is 0 Å². The number of carbonyl (C=O) groups is 2. The predicted octanol–water partition coefficient (Wildman–Crippen LogP) is -0.484. The molecular weight excluding hydrogens is 372 g/mol. The molecule has 1 saturated heterocycles. The second-order valence-corrected chi connectivity index (χ2v) is 8.78. The van der Waals surface area contributed by atoms with Gasteiger partial charge in [-0.3, -0.25) is 9.59 Å². The number of hydrogen-bond donors (Lipinski definition) is 4. The van der Waals surface area contributed by atoms with E-state index in [4.69, 9.17) is 29.9 Å². The molecule has 1 heterocycles. The van der Waals surface area contributed by atoms with E-state index < -0.39 is 50.6 Å². The van der Waals surface area contributed by atoms with Crippen molar-refractivity contribution in [1.82, 2.24) is 0 Å². The average Bonchev–Trinajstić information content (AvgIpc) is 3.10. The molecule has 25 heavy (non-hydrogen) atoms. The van der Waals surface area contributed by atoms with Crippen molar-refractivity contribution >= 4 is 35.5 Å². The molecule has 4 N–H and O–H groups in total. The van der Waals surface area contributed by atoms with Gasteiger partial charge in [0.25, 0.3) is 0 Å². The van der Waals surface area contributed by atoms with Gasteiger partial charge in [-0.05, 0) is 12.8 Å². The summed E-state index contributed by atoms with van der Waals surface area (Å²) in [6, 6.07) is 0. The second kappa shape index (κ2) is 12.0. The highest BCUT2D eigenvalue weighted by atomic mass is 32.2. The lowest BCUT2D eigenvalue weighted by molar-refractivity contribution is -0.153. The third-order valence-electron chi connectivity index (χ3n) is 3.64. The largest absolute Gasteiger partial charge is 0.457 e. The summed E-state index contributed by atoms with van der Waals surface area (Å²) in [4.78, 5) is 23.6. The molecule has 8 nitrogen and oxygen atoms in total. The van der Waals surface area contributed by atoms with Crippen LogP contribution in [0.5, 0.6) is 0 Å². The Balaban J connectivity index is 2.46. The van der Waals surface area contributed by atoms with E-state index >= 15 is 0 Å². The molecule has 0 unspecified atom stereocenters. The van der Waals surface area contributed by atoms with Crippen molar-refractivity contribution < 1.29 is 39.5 Å². The van der Waals surface area contributed by atoms with Gasteiger partial charge < -0.3 is 29.9 Å². The molecular formula is C15H26O8S2. The lowest BCUT2D eigenvalue weighted by atomic mass is 10.1. The minimum atomic E-state index is -0.906. The highest BCUT2D eigenvalue weighted by Crippen LogP contribution is 2.50. The summed E-state index contributed by atoms with van der Waals surface area (Å²) in [5.74, 6) is 0.841. The molecule has 10 heteroatoms. The third kappa shape index (κ3) is 8.14. The molecule has 0 saturated carbocycles. The van der Waals surface area contributed by atoms with E-state index in [1.165, 1.54) is 0 Å². The number of aliphatic hydroxyl groups excluding tert-OH is 4. The molecule has 1 aliphatic rings. The first-order valence-corrected chi connectivity index (χ1v) is 10.1. The average molecular weight is 398 g/mol. The van der Waals surface area contributed by atoms with Crippen LogP contribution in [0, 0.1) is 0 Å².